The van der Waals surface area contributed by atoms with Gasteiger partial charge in [0.25, 0.3) is 0 Å². The molecule has 0 heterocycles. The van der Waals surface area contributed by atoms with Crippen LogP contribution < -0.4 is 5.32 Å². The van der Waals surface area contributed by atoms with Crippen LogP contribution in [0.1, 0.15) is 50.8 Å². The van der Waals surface area contributed by atoms with E-state index in [0.717, 1.165) is 11.4 Å². The smallest absolute Gasteiger partial charge is 0.0408 e. The second-order valence-electron chi connectivity index (χ2n) is 5.94. The third-order valence-electron chi connectivity index (χ3n) is 3.14. The van der Waals surface area contributed by atoms with Crippen LogP contribution in [0.5, 0.6) is 0 Å². The first-order valence-electron chi connectivity index (χ1n) is 6.27. The summed E-state index contributed by atoms with van der Waals surface area (Å²) in [5, 5.41) is 4.22. The minimum atomic E-state index is 0.384. The molecular formula is C15H24ClN. The first kappa shape index (κ1) is 14.5. The Morgan fingerprint density at radius 2 is 1.94 bits per heavy atom. The van der Waals surface area contributed by atoms with Crippen LogP contribution in [0.25, 0.3) is 0 Å². The predicted octanol–water partition coefficient (Wildman–Crippen LogP) is 4.74. The van der Waals surface area contributed by atoms with Crippen LogP contribution in [-0.4, -0.2) is 7.05 Å². The monoisotopic (exact) mass is 253 g/mol. The third-order valence-corrected chi connectivity index (χ3v) is 3.37. The fraction of sp³-hybridized carbons (Fsp3) is 0.600. The summed E-state index contributed by atoms with van der Waals surface area (Å²) in [7, 11) is 2.03. The average molecular weight is 254 g/mol. The maximum absolute atomic E-state index is 5.99. The highest BCUT2D eigenvalue weighted by molar-refractivity contribution is 6.30. The van der Waals surface area contributed by atoms with Crippen molar-refractivity contribution >= 4 is 11.6 Å². The Labute approximate surface area is 111 Å². The van der Waals surface area contributed by atoms with Crippen molar-refractivity contribution in [1.29, 1.82) is 0 Å². The van der Waals surface area contributed by atoms with E-state index in [1.807, 2.05) is 19.2 Å². The van der Waals surface area contributed by atoms with Crippen LogP contribution in [0.2, 0.25) is 5.02 Å². The summed E-state index contributed by atoms with van der Waals surface area (Å²) < 4.78 is 0. The van der Waals surface area contributed by atoms with Gasteiger partial charge in [-0.3, -0.25) is 0 Å². The molecule has 1 aromatic carbocycles. The Morgan fingerprint density at radius 3 is 2.41 bits per heavy atom. The van der Waals surface area contributed by atoms with Crippen molar-refractivity contribution in [3.63, 3.8) is 0 Å². The van der Waals surface area contributed by atoms with Crippen LogP contribution >= 0.6 is 11.6 Å². The highest BCUT2D eigenvalue weighted by Crippen LogP contribution is 2.29. The molecule has 0 spiro atoms. The molecule has 0 saturated heterocycles. The van der Waals surface area contributed by atoms with Crippen molar-refractivity contribution in [1.82, 2.24) is 5.32 Å². The van der Waals surface area contributed by atoms with Crippen LogP contribution in [0, 0.1) is 12.3 Å². The Balaban J connectivity index is 2.79. The summed E-state index contributed by atoms with van der Waals surface area (Å²) in [4.78, 5) is 0. The molecule has 96 valence electrons. The van der Waals surface area contributed by atoms with Crippen LogP contribution in [0.3, 0.4) is 0 Å². The molecule has 1 atom stereocenters. The van der Waals surface area contributed by atoms with Crippen molar-refractivity contribution in [2.45, 2.75) is 46.6 Å². The van der Waals surface area contributed by atoms with Crippen molar-refractivity contribution in [2.24, 2.45) is 5.41 Å². The van der Waals surface area contributed by atoms with Gasteiger partial charge >= 0.3 is 0 Å². The summed E-state index contributed by atoms with van der Waals surface area (Å²) in [6, 6.07) is 6.58. The first-order valence-corrected chi connectivity index (χ1v) is 6.64. The highest BCUT2D eigenvalue weighted by atomic mass is 35.5. The fourth-order valence-corrected chi connectivity index (χ4v) is 2.29. The molecular weight excluding hydrogens is 230 g/mol. The van der Waals surface area contributed by atoms with Crippen molar-refractivity contribution in [2.75, 3.05) is 7.05 Å². The van der Waals surface area contributed by atoms with Gasteiger partial charge in [-0.05, 0) is 55.5 Å². The standard InChI is InChI=1S/C15H24ClN/c1-11-10-12(16)6-7-13(11)14(17-5)8-9-15(2,3)4/h6-7,10,14,17H,8-9H2,1-5H3. The molecule has 0 saturated carbocycles. The van der Waals surface area contributed by atoms with Gasteiger partial charge in [0.05, 0.1) is 0 Å². The topological polar surface area (TPSA) is 12.0 Å². The number of aryl methyl sites for hydroxylation is 1. The van der Waals surface area contributed by atoms with Gasteiger partial charge in [0.15, 0.2) is 0 Å². The second kappa shape index (κ2) is 5.88. The number of hydrogen-bond donors (Lipinski definition) is 1. The molecule has 0 amide bonds. The molecule has 17 heavy (non-hydrogen) atoms. The molecule has 1 nitrogen and oxygen atoms in total. The summed E-state index contributed by atoms with van der Waals surface area (Å²) in [6.07, 6.45) is 2.36. The average Bonchev–Trinajstić information content (AvgIpc) is 2.19. The van der Waals surface area contributed by atoms with E-state index in [9.17, 15) is 0 Å². The van der Waals surface area contributed by atoms with Gasteiger partial charge in [0.1, 0.15) is 0 Å². The molecule has 1 aromatic rings. The lowest BCUT2D eigenvalue weighted by atomic mass is 9.86. The largest absolute Gasteiger partial charge is 0.313 e. The van der Waals surface area contributed by atoms with Crippen LogP contribution in [-0.2, 0) is 0 Å². The van der Waals surface area contributed by atoms with E-state index in [4.69, 9.17) is 11.6 Å². The Kier molecular flexibility index (Phi) is 5.03. The summed E-state index contributed by atoms with van der Waals surface area (Å²) in [5.41, 5.74) is 3.02. The zero-order valence-electron chi connectivity index (χ0n) is 11.6. The Hall–Kier alpha value is -0.530. The van der Waals surface area contributed by atoms with E-state index in [2.05, 4.69) is 39.1 Å². The van der Waals surface area contributed by atoms with Crippen molar-refractivity contribution in [3.05, 3.63) is 34.3 Å². The second-order valence-corrected chi connectivity index (χ2v) is 6.38. The third kappa shape index (κ3) is 4.69. The first-order chi connectivity index (χ1) is 7.83. The molecule has 1 unspecified atom stereocenters. The minimum Gasteiger partial charge on any atom is -0.313 e. The number of benzene rings is 1. The molecule has 0 radical (unpaired) electrons. The number of halogens is 1. The molecule has 0 aromatic heterocycles. The van der Waals surface area contributed by atoms with Gasteiger partial charge in [-0.15, -0.1) is 0 Å². The molecule has 2 heteroatoms. The molecule has 0 aliphatic rings. The lowest BCUT2D eigenvalue weighted by Gasteiger charge is -2.24. The molecule has 0 aliphatic carbocycles. The number of nitrogens with one attached hydrogen (secondary N) is 1. The van der Waals surface area contributed by atoms with Crippen molar-refractivity contribution < 1.29 is 0 Å². The normalized spacial score (nSPS) is 13.8. The van der Waals surface area contributed by atoms with Gasteiger partial charge in [-0.2, -0.15) is 0 Å². The van der Waals surface area contributed by atoms with E-state index >= 15 is 0 Å². The summed E-state index contributed by atoms with van der Waals surface area (Å²) >= 11 is 5.99. The fourth-order valence-electron chi connectivity index (χ4n) is 2.06. The lowest BCUT2D eigenvalue weighted by molar-refractivity contribution is 0.337. The Bertz CT molecular complexity index is 366. The van der Waals surface area contributed by atoms with Gasteiger partial charge in [0.2, 0.25) is 0 Å². The van der Waals surface area contributed by atoms with Gasteiger partial charge in [-0.25, -0.2) is 0 Å². The summed E-state index contributed by atoms with van der Waals surface area (Å²) in [5.74, 6) is 0. The molecule has 0 aliphatic heterocycles. The quantitative estimate of drug-likeness (QED) is 0.818. The van der Waals surface area contributed by atoms with E-state index in [0.29, 0.717) is 11.5 Å². The molecule has 0 bridgehead atoms. The zero-order chi connectivity index (χ0) is 13.1. The highest BCUT2D eigenvalue weighted by Gasteiger charge is 2.16. The van der Waals surface area contributed by atoms with Crippen LogP contribution in [0.4, 0.5) is 0 Å². The predicted molar refractivity (Wildman–Crippen MR) is 76.7 cm³/mol. The maximum atomic E-state index is 5.99. The SMILES string of the molecule is CNC(CCC(C)(C)C)c1ccc(Cl)cc1C. The van der Waals surface area contributed by atoms with Crippen LogP contribution in [0.15, 0.2) is 18.2 Å². The zero-order valence-corrected chi connectivity index (χ0v) is 12.4. The van der Waals surface area contributed by atoms with Gasteiger partial charge in [0, 0.05) is 11.1 Å². The summed E-state index contributed by atoms with van der Waals surface area (Å²) in [6.45, 7) is 8.99. The van der Waals surface area contributed by atoms with E-state index in [-0.39, 0.29) is 0 Å². The number of hydrogen-bond acceptors (Lipinski definition) is 1. The lowest BCUT2D eigenvalue weighted by Crippen LogP contribution is -2.19. The van der Waals surface area contributed by atoms with E-state index in [1.165, 1.54) is 17.5 Å². The molecule has 0 fully saturated rings. The molecule has 1 N–H and O–H groups in total. The van der Waals surface area contributed by atoms with E-state index in [1.54, 1.807) is 0 Å². The van der Waals surface area contributed by atoms with Crippen molar-refractivity contribution in [3.8, 4) is 0 Å². The Morgan fingerprint density at radius 1 is 1.29 bits per heavy atom. The van der Waals surface area contributed by atoms with Gasteiger partial charge < -0.3 is 5.32 Å². The van der Waals surface area contributed by atoms with Gasteiger partial charge in [-0.1, -0.05) is 38.4 Å². The molecule has 1 rings (SSSR count). The number of rotatable bonds is 4. The van der Waals surface area contributed by atoms with E-state index < -0.39 is 0 Å². The minimum absolute atomic E-state index is 0.384. The maximum Gasteiger partial charge on any atom is 0.0408 e.